The first-order chi connectivity index (χ1) is 36.6. The summed E-state index contributed by atoms with van der Waals surface area (Å²) in [5, 5.41) is 9.70. The van der Waals surface area contributed by atoms with Crippen molar-refractivity contribution in [3.05, 3.63) is 158 Å². The maximum atomic E-state index is 12.9. The fraction of sp³-hybridized carbons (Fsp3) is 0.561. The molecule has 9 heteroatoms. The molecular weight excluding hydrogens is 935 g/mol. The molecule has 0 radical (unpaired) electrons. The normalized spacial score (nSPS) is 14.0. The molecule has 0 aliphatic heterocycles. The van der Waals surface area contributed by atoms with E-state index in [0.717, 1.165) is 141 Å². The zero-order valence-electron chi connectivity index (χ0n) is 47.6. The average Bonchev–Trinajstić information content (AvgIpc) is 3.38. The molecule has 2 unspecified atom stereocenters. The van der Waals surface area contributed by atoms with Gasteiger partial charge in [-0.25, -0.2) is 4.79 Å². The summed E-state index contributed by atoms with van der Waals surface area (Å²) in [6, 6.07) is 0. The van der Waals surface area contributed by atoms with Crippen molar-refractivity contribution in [1.29, 1.82) is 0 Å². The minimum absolute atomic E-state index is 0.169. The molecule has 0 rings (SSSR count). The highest BCUT2D eigenvalue weighted by molar-refractivity contribution is 5.71. The zero-order chi connectivity index (χ0) is 54.8. The smallest absolute Gasteiger partial charge is 0.361 e. The number of rotatable bonds is 50. The fourth-order valence-corrected chi connectivity index (χ4v) is 6.94. The van der Waals surface area contributed by atoms with Gasteiger partial charge in [0.25, 0.3) is 6.29 Å². The molecule has 1 N–H and O–H groups in total. The Labute approximate surface area is 457 Å². The molecule has 0 amide bonds. The van der Waals surface area contributed by atoms with Crippen LogP contribution in [-0.2, 0) is 33.3 Å². The number of quaternary nitrogens is 1. The SMILES string of the molecule is CC/C=C\C/C=C\C/C=C\C/C=C\C/C=C\C/C=C\C/C=C\C/C=C\CCCCCCCCC(=O)OC(COC(=O)CCCCC/C=C\C/C=C\C/C=C\C/C=C\C/C=C\CC)COC(OCC[N+](C)(C)C)C(=O)O. The fourth-order valence-electron chi connectivity index (χ4n) is 6.94. The van der Waals surface area contributed by atoms with Crippen LogP contribution in [0.15, 0.2) is 158 Å². The third-order valence-corrected chi connectivity index (χ3v) is 11.3. The number of carbonyl (C=O) groups is 3. The van der Waals surface area contributed by atoms with E-state index in [4.69, 9.17) is 18.9 Å². The summed E-state index contributed by atoms with van der Waals surface area (Å²) in [4.78, 5) is 37.4. The number of aliphatic carboxylic acids is 1. The maximum Gasteiger partial charge on any atom is 0.361 e. The molecule has 0 heterocycles. The topological polar surface area (TPSA) is 108 Å². The van der Waals surface area contributed by atoms with Crippen molar-refractivity contribution in [2.24, 2.45) is 0 Å². The Morgan fingerprint density at radius 2 is 0.720 bits per heavy atom. The van der Waals surface area contributed by atoms with E-state index >= 15 is 0 Å². The Morgan fingerprint density at radius 3 is 1.08 bits per heavy atom. The van der Waals surface area contributed by atoms with E-state index in [0.29, 0.717) is 23.9 Å². The van der Waals surface area contributed by atoms with Gasteiger partial charge >= 0.3 is 17.9 Å². The number of hydrogen-bond donors (Lipinski definition) is 1. The van der Waals surface area contributed by atoms with Crippen molar-refractivity contribution < 1.29 is 42.9 Å². The molecule has 75 heavy (non-hydrogen) atoms. The van der Waals surface area contributed by atoms with Crippen LogP contribution in [0.3, 0.4) is 0 Å². The van der Waals surface area contributed by atoms with Crippen LogP contribution in [-0.4, -0.2) is 87.4 Å². The summed E-state index contributed by atoms with van der Waals surface area (Å²) in [5.74, 6) is -2.09. The van der Waals surface area contributed by atoms with Gasteiger partial charge in [-0.15, -0.1) is 0 Å². The number of esters is 2. The summed E-state index contributed by atoms with van der Waals surface area (Å²) >= 11 is 0. The second-order valence-electron chi connectivity index (χ2n) is 19.5. The predicted molar refractivity (Wildman–Crippen MR) is 317 cm³/mol. The lowest BCUT2D eigenvalue weighted by atomic mass is 10.1. The lowest BCUT2D eigenvalue weighted by Gasteiger charge is -2.25. The lowest BCUT2D eigenvalue weighted by molar-refractivity contribution is -0.870. The molecular formula is C66H104NO8+. The predicted octanol–water partition coefficient (Wildman–Crippen LogP) is 17.0. The number of nitrogens with zero attached hydrogens (tertiary/aromatic N) is 1. The number of hydrogen-bond acceptors (Lipinski definition) is 7. The van der Waals surface area contributed by atoms with E-state index in [9.17, 15) is 19.5 Å². The Bertz CT molecular complexity index is 1780. The van der Waals surface area contributed by atoms with E-state index in [1.54, 1.807) is 0 Å². The van der Waals surface area contributed by atoms with Gasteiger partial charge in [0, 0.05) is 12.8 Å². The summed E-state index contributed by atoms with van der Waals surface area (Å²) in [6.07, 6.45) is 78.9. The van der Waals surface area contributed by atoms with Crippen LogP contribution in [0.5, 0.6) is 0 Å². The number of likely N-dealkylation sites (N-methyl/N-ethyl adjacent to an activating group) is 1. The van der Waals surface area contributed by atoms with Crippen molar-refractivity contribution in [2.75, 3.05) is 47.5 Å². The Balaban J connectivity index is 4.38. The van der Waals surface area contributed by atoms with E-state index in [2.05, 4.69) is 172 Å². The molecule has 0 aliphatic carbocycles. The summed E-state index contributed by atoms with van der Waals surface area (Å²) in [6.45, 7) is 4.55. The van der Waals surface area contributed by atoms with Crippen LogP contribution >= 0.6 is 0 Å². The van der Waals surface area contributed by atoms with E-state index in [-0.39, 0.29) is 38.6 Å². The van der Waals surface area contributed by atoms with Gasteiger partial charge in [-0.05, 0) is 122 Å². The third-order valence-electron chi connectivity index (χ3n) is 11.3. The molecule has 0 saturated carbocycles. The number of carboxylic acid groups (broad SMARTS) is 1. The third kappa shape index (κ3) is 56.5. The zero-order valence-corrected chi connectivity index (χ0v) is 47.6. The second kappa shape index (κ2) is 55.2. The number of unbranched alkanes of at least 4 members (excludes halogenated alkanes) is 9. The van der Waals surface area contributed by atoms with Gasteiger partial charge in [0.1, 0.15) is 13.2 Å². The van der Waals surface area contributed by atoms with Gasteiger partial charge in [-0.2, -0.15) is 0 Å². The molecule has 0 bridgehead atoms. The highest BCUT2D eigenvalue weighted by atomic mass is 16.7. The van der Waals surface area contributed by atoms with E-state index in [1.165, 1.54) is 0 Å². The monoisotopic (exact) mass is 1040 g/mol. The number of carboxylic acids is 1. The summed E-state index contributed by atoms with van der Waals surface area (Å²) in [5.41, 5.74) is 0. The van der Waals surface area contributed by atoms with E-state index < -0.39 is 24.3 Å². The number of ether oxygens (including phenoxy) is 4. The Morgan fingerprint density at radius 1 is 0.400 bits per heavy atom. The minimum atomic E-state index is -1.53. The Kier molecular flexibility index (Phi) is 51.4. The molecule has 2 atom stereocenters. The van der Waals surface area contributed by atoms with Gasteiger partial charge in [0.2, 0.25) is 0 Å². The van der Waals surface area contributed by atoms with Crippen molar-refractivity contribution in [1.82, 2.24) is 0 Å². The largest absolute Gasteiger partial charge is 0.477 e. The number of allylic oxidation sites excluding steroid dienone is 26. The van der Waals surface area contributed by atoms with Crippen LogP contribution in [0.25, 0.3) is 0 Å². The van der Waals surface area contributed by atoms with Crippen LogP contribution in [0.1, 0.15) is 181 Å². The Hall–Kier alpha value is -5.09. The molecule has 0 saturated heterocycles. The van der Waals surface area contributed by atoms with Crippen molar-refractivity contribution in [2.45, 2.75) is 193 Å². The quantitative estimate of drug-likeness (QED) is 0.0211. The first-order valence-corrected chi connectivity index (χ1v) is 28.6. The van der Waals surface area contributed by atoms with Crippen molar-refractivity contribution in [3.8, 4) is 0 Å². The standard InChI is InChI=1S/C66H103NO8/c1-6-8-10-12-14-16-18-20-22-24-26-27-28-29-30-31-32-33-34-35-36-37-39-41-43-45-47-49-51-53-55-57-64(69)75-62(61-74-66(65(70)71)72-59-58-67(3,4)5)60-73-63(68)56-54-52-50-48-46-44-42-40-38-25-23-21-19-17-15-13-11-9-7-2/h8-11,14-17,20-23,26-27,29-30,32-33,35-36,38-41,44,46,62,66H,6-7,12-13,18-19,24-25,28,31,34,37,42-43,45,47-61H2,1-5H3/p+1/b10-8-,11-9-,16-14-,17-15-,22-20-,23-21-,27-26-,30-29-,33-32-,36-35-,40-38-,41-39-,46-44-. The molecule has 0 aromatic rings. The maximum absolute atomic E-state index is 12.9. The van der Waals surface area contributed by atoms with Gasteiger partial charge in [0.05, 0.1) is 34.4 Å². The first kappa shape index (κ1) is 69.9. The van der Waals surface area contributed by atoms with Crippen LogP contribution in [0.2, 0.25) is 0 Å². The number of carbonyl (C=O) groups excluding carboxylic acids is 2. The molecule has 0 aromatic carbocycles. The lowest BCUT2D eigenvalue weighted by Crippen LogP contribution is -2.40. The van der Waals surface area contributed by atoms with Gasteiger partial charge in [-0.3, -0.25) is 9.59 Å². The van der Waals surface area contributed by atoms with Crippen molar-refractivity contribution >= 4 is 17.9 Å². The summed E-state index contributed by atoms with van der Waals surface area (Å²) < 4.78 is 22.8. The van der Waals surface area contributed by atoms with Crippen LogP contribution < -0.4 is 0 Å². The first-order valence-electron chi connectivity index (χ1n) is 28.6. The van der Waals surface area contributed by atoms with Crippen LogP contribution in [0, 0.1) is 0 Å². The summed E-state index contributed by atoms with van der Waals surface area (Å²) in [7, 11) is 5.93. The van der Waals surface area contributed by atoms with Gasteiger partial charge in [-0.1, -0.05) is 204 Å². The molecule has 9 nitrogen and oxygen atoms in total. The van der Waals surface area contributed by atoms with Crippen molar-refractivity contribution in [3.63, 3.8) is 0 Å². The molecule has 0 aromatic heterocycles. The molecule has 0 aliphatic rings. The molecule has 0 spiro atoms. The second-order valence-corrected chi connectivity index (χ2v) is 19.5. The minimum Gasteiger partial charge on any atom is -0.477 e. The van der Waals surface area contributed by atoms with Gasteiger partial charge in [0.15, 0.2) is 6.10 Å². The van der Waals surface area contributed by atoms with E-state index in [1.807, 2.05) is 21.1 Å². The molecule has 0 fully saturated rings. The average molecular weight is 1040 g/mol. The highest BCUT2D eigenvalue weighted by Crippen LogP contribution is 2.12. The highest BCUT2D eigenvalue weighted by Gasteiger charge is 2.25. The van der Waals surface area contributed by atoms with Crippen LogP contribution in [0.4, 0.5) is 0 Å². The molecule has 420 valence electrons. The van der Waals surface area contributed by atoms with Gasteiger partial charge < -0.3 is 28.5 Å².